The van der Waals surface area contributed by atoms with Gasteiger partial charge in [-0.05, 0) is 38.9 Å². The predicted octanol–water partition coefficient (Wildman–Crippen LogP) is 1.06. The minimum absolute atomic E-state index is 0.0459. The van der Waals surface area contributed by atoms with Crippen LogP contribution < -0.4 is 15.0 Å². The van der Waals surface area contributed by atoms with Gasteiger partial charge in [0.15, 0.2) is 0 Å². The van der Waals surface area contributed by atoms with Crippen LogP contribution in [0, 0.1) is 11.3 Å². The van der Waals surface area contributed by atoms with Crippen LogP contribution in [-0.4, -0.2) is 77.6 Å². The lowest BCUT2D eigenvalue weighted by atomic mass is 10.1. The Morgan fingerprint density at radius 2 is 2.19 bits per heavy atom. The Balaban J connectivity index is 1.53. The lowest BCUT2D eigenvalue weighted by Crippen LogP contribution is -2.55. The summed E-state index contributed by atoms with van der Waals surface area (Å²) in [6.45, 7) is 8.65. The Morgan fingerprint density at radius 1 is 1.32 bits per heavy atom. The zero-order valence-corrected chi connectivity index (χ0v) is 18.2. The molecule has 2 atom stereocenters. The van der Waals surface area contributed by atoms with Gasteiger partial charge in [0.25, 0.3) is 0 Å². The molecule has 0 spiro atoms. The summed E-state index contributed by atoms with van der Waals surface area (Å²) in [6, 6.07) is 2.99. The van der Waals surface area contributed by atoms with E-state index in [-0.39, 0.29) is 11.9 Å². The van der Waals surface area contributed by atoms with E-state index in [1.165, 1.54) is 12.5 Å². The first-order chi connectivity index (χ1) is 15.1. The Morgan fingerprint density at radius 3 is 2.94 bits per heavy atom. The van der Waals surface area contributed by atoms with Gasteiger partial charge in [0.1, 0.15) is 12.4 Å². The van der Waals surface area contributed by atoms with E-state index in [0.717, 1.165) is 36.6 Å². The topological polar surface area (TPSA) is 97.6 Å². The molecule has 4 heterocycles. The summed E-state index contributed by atoms with van der Waals surface area (Å²) in [6.07, 6.45) is 4.73. The van der Waals surface area contributed by atoms with Crippen LogP contribution in [0.3, 0.4) is 0 Å². The molecular formula is C22H31N7O2. The van der Waals surface area contributed by atoms with Crippen LogP contribution in [0.1, 0.15) is 36.9 Å². The first kappa shape index (κ1) is 21.5. The highest BCUT2D eigenvalue weighted by Gasteiger charge is 2.32. The molecule has 3 aliphatic rings. The number of aromatic nitrogens is 2. The molecule has 1 aromatic heterocycles. The van der Waals surface area contributed by atoms with E-state index in [9.17, 15) is 4.79 Å². The highest BCUT2D eigenvalue weighted by Crippen LogP contribution is 2.30. The van der Waals surface area contributed by atoms with Crippen LogP contribution in [0.2, 0.25) is 0 Å². The lowest BCUT2D eigenvalue weighted by Gasteiger charge is -2.42. The van der Waals surface area contributed by atoms with E-state index in [4.69, 9.17) is 15.0 Å². The zero-order chi connectivity index (χ0) is 21.8. The Labute approximate surface area is 183 Å². The van der Waals surface area contributed by atoms with Crippen LogP contribution in [-0.2, 0) is 17.9 Å². The van der Waals surface area contributed by atoms with Gasteiger partial charge >= 0.3 is 6.01 Å². The lowest BCUT2D eigenvalue weighted by molar-refractivity contribution is -0.128. The molecule has 0 aliphatic carbocycles. The number of nitrogens with one attached hydrogen (secondary N) is 1. The molecule has 0 bridgehead atoms. The minimum atomic E-state index is -0.0816. The maximum absolute atomic E-state index is 12.3. The fourth-order valence-corrected chi connectivity index (χ4v) is 4.75. The monoisotopic (exact) mass is 425 g/mol. The number of anilines is 1. The van der Waals surface area contributed by atoms with E-state index >= 15 is 0 Å². The number of ether oxygens (including phenoxy) is 1. The van der Waals surface area contributed by atoms with E-state index in [0.29, 0.717) is 57.7 Å². The number of likely N-dealkylation sites (tertiary alicyclic amines) is 1. The van der Waals surface area contributed by atoms with Crippen LogP contribution in [0.25, 0.3) is 0 Å². The molecule has 0 aromatic carbocycles. The van der Waals surface area contributed by atoms with Crippen molar-refractivity contribution in [3.8, 4) is 12.1 Å². The number of piperazine rings is 1. The SMILES string of the molecule is C=CC(=O)N1CCN(c2nc(OC[C@@H]3CCCN3C)nc3c2CNC3)C[C@@H]1CCC#N. The number of fused-ring (bicyclic) bond motifs is 1. The van der Waals surface area contributed by atoms with Crippen molar-refractivity contribution in [3.05, 3.63) is 23.9 Å². The van der Waals surface area contributed by atoms with Crippen molar-refractivity contribution in [2.45, 2.75) is 50.9 Å². The molecule has 1 amide bonds. The van der Waals surface area contributed by atoms with Crippen molar-refractivity contribution in [1.82, 2.24) is 25.1 Å². The summed E-state index contributed by atoms with van der Waals surface area (Å²) in [5.41, 5.74) is 2.09. The van der Waals surface area contributed by atoms with Crippen LogP contribution in [0.15, 0.2) is 12.7 Å². The van der Waals surface area contributed by atoms with Gasteiger partial charge in [0.2, 0.25) is 5.91 Å². The van der Waals surface area contributed by atoms with Crippen LogP contribution >= 0.6 is 0 Å². The largest absolute Gasteiger partial charge is 0.462 e. The summed E-state index contributed by atoms with van der Waals surface area (Å²) in [7, 11) is 2.13. The summed E-state index contributed by atoms with van der Waals surface area (Å²) in [5.74, 6) is 0.805. The standard InChI is InChI=1S/C22H31N7O2/c1-3-20(30)29-11-10-28(14-16(29)6-4-8-23)21-18-12-24-13-19(18)25-22(26-21)31-15-17-7-5-9-27(17)2/h3,16-17,24H,1,4-7,9-15H2,2H3/t16-,17-/m0/s1. The van der Waals surface area contributed by atoms with E-state index in [1.54, 1.807) is 0 Å². The molecule has 1 N–H and O–H groups in total. The van der Waals surface area contributed by atoms with Crippen LogP contribution in [0.4, 0.5) is 5.82 Å². The van der Waals surface area contributed by atoms with Gasteiger partial charge < -0.3 is 24.8 Å². The number of nitriles is 1. The molecule has 31 heavy (non-hydrogen) atoms. The van der Waals surface area contributed by atoms with E-state index in [1.807, 2.05) is 4.90 Å². The number of amides is 1. The maximum atomic E-state index is 12.3. The molecule has 3 aliphatic heterocycles. The quantitative estimate of drug-likeness (QED) is 0.648. The fourth-order valence-electron chi connectivity index (χ4n) is 4.75. The van der Waals surface area contributed by atoms with Crippen LogP contribution in [0.5, 0.6) is 6.01 Å². The molecule has 2 saturated heterocycles. The molecule has 9 nitrogen and oxygen atoms in total. The molecule has 0 unspecified atom stereocenters. The van der Waals surface area contributed by atoms with E-state index in [2.05, 4.69) is 39.8 Å². The van der Waals surface area contributed by atoms with Gasteiger partial charge in [-0.3, -0.25) is 4.79 Å². The third kappa shape index (κ3) is 4.65. The normalized spacial score (nSPS) is 23.5. The molecule has 1 aromatic rings. The molecule has 2 fully saturated rings. The second-order valence-corrected chi connectivity index (χ2v) is 8.48. The number of rotatable bonds is 7. The number of carbonyl (C=O) groups is 1. The minimum Gasteiger partial charge on any atom is -0.462 e. The zero-order valence-electron chi connectivity index (χ0n) is 18.2. The summed E-state index contributed by atoms with van der Waals surface area (Å²) in [4.78, 5) is 28.1. The number of hydrogen-bond acceptors (Lipinski definition) is 8. The van der Waals surface area contributed by atoms with Crippen molar-refractivity contribution in [1.29, 1.82) is 5.26 Å². The van der Waals surface area contributed by atoms with Crippen molar-refractivity contribution < 1.29 is 9.53 Å². The number of hydrogen-bond donors (Lipinski definition) is 1. The maximum Gasteiger partial charge on any atom is 0.318 e. The Bertz CT molecular complexity index is 868. The van der Waals surface area contributed by atoms with E-state index < -0.39 is 0 Å². The van der Waals surface area contributed by atoms with Gasteiger partial charge in [-0.2, -0.15) is 15.2 Å². The second-order valence-electron chi connectivity index (χ2n) is 8.48. The smallest absolute Gasteiger partial charge is 0.318 e. The van der Waals surface area contributed by atoms with Crippen molar-refractivity contribution >= 4 is 11.7 Å². The predicted molar refractivity (Wildman–Crippen MR) is 116 cm³/mol. The third-order valence-corrected chi connectivity index (χ3v) is 6.55. The Kier molecular flexibility index (Phi) is 6.68. The summed E-state index contributed by atoms with van der Waals surface area (Å²) < 4.78 is 6.05. The number of carbonyl (C=O) groups excluding carboxylic acids is 1. The molecular weight excluding hydrogens is 394 g/mol. The van der Waals surface area contributed by atoms with Gasteiger partial charge in [0.05, 0.1) is 17.8 Å². The first-order valence-electron chi connectivity index (χ1n) is 11.1. The number of likely N-dealkylation sites (N-methyl/N-ethyl adjacent to an activating group) is 1. The average molecular weight is 426 g/mol. The van der Waals surface area contributed by atoms with Gasteiger partial charge in [-0.1, -0.05) is 6.58 Å². The highest BCUT2D eigenvalue weighted by molar-refractivity contribution is 5.87. The number of nitrogens with zero attached hydrogens (tertiary/aromatic N) is 6. The molecule has 4 rings (SSSR count). The molecule has 9 heteroatoms. The molecule has 166 valence electrons. The summed E-state index contributed by atoms with van der Waals surface area (Å²) in [5, 5.41) is 12.4. The van der Waals surface area contributed by atoms with Gasteiger partial charge in [0, 0.05) is 50.7 Å². The van der Waals surface area contributed by atoms with Gasteiger partial charge in [-0.15, -0.1) is 0 Å². The Hall–Kier alpha value is -2.70. The van der Waals surface area contributed by atoms with Crippen molar-refractivity contribution in [2.75, 3.05) is 44.7 Å². The van der Waals surface area contributed by atoms with Crippen molar-refractivity contribution in [3.63, 3.8) is 0 Å². The van der Waals surface area contributed by atoms with Crippen molar-refractivity contribution in [2.24, 2.45) is 0 Å². The highest BCUT2D eigenvalue weighted by atomic mass is 16.5. The second kappa shape index (κ2) is 9.62. The summed E-state index contributed by atoms with van der Waals surface area (Å²) >= 11 is 0. The molecule has 0 radical (unpaired) electrons. The molecule has 0 saturated carbocycles. The van der Waals surface area contributed by atoms with Gasteiger partial charge in [-0.25, -0.2) is 0 Å². The average Bonchev–Trinajstić information content (AvgIpc) is 3.43. The third-order valence-electron chi connectivity index (χ3n) is 6.55. The first-order valence-corrected chi connectivity index (χ1v) is 11.1. The fraction of sp³-hybridized carbons (Fsp3) is 0.636.